The first kappa shape index (κ1) is 30.1. The Bertz CT molecular complexity index is 1560. The maximum atomic E-state index is 13.0. The lowest BCUT2D eigenvalue weighted by Gasteiger charge is -2.17. The number of nitrogens with zero attached hydrogens (tertiary/aromatic N) is 4. The molecule has 0 spiro atoms. The maximum absolute atomic E-state index is 13.0. The van der Waals surface area contributed by atoms with Crippen LogP contribution >= 0.6 is 24.2 Å². The van der Waals surface area contributed by atoms with Crippen LogP contribution in [0, 0.1) is 11.3 Å². The van der Waals surface area contributed by atoms with Gasteiger partial charge in [-0.15, -0.1) is 0 Å². The van der Waals surface area contributed by atoms with E-state index in [4.69, 9.17) is 21.1 Å². The normalized spacial score (nSPS) is 11.7. The molecule has 0 aliphatic heterocycles. The second-order valence-electron chi connectivity index (χ2n) is 9.78. The van der Waals surface area contributed by atoms with Crippen molar-refractivity contribution in [2.24, 2.45) is 0 Å². The zero-order valence-electron chi connectivity index (χ0n) is 23.2. The van der Waals surface area contributed by atoms with Gasteiger partial charge < -0.3 is 19.7 Å². The number of anilines is 2. The Hall–Kier alpha value is -3.84. The Morgan fingerprint density at radius 3 is 2.66 bits per heavy atom. The average molecular weight is 590 g/mol. The molecule has 0 bridgehead atoms. The fourth-order valence-electron chi connectivity index (χ4n) is 4.42. The van der Waals surface area contributed by atoms with Gasteiger partial charge in [0.2, 0.25) is 0 Å². The van der Waals surface area contributed by atoms with E-state index in [2.05, 4.69) is 34.0 Å². The summed E-state index contributed by atoms with van der Waals surface area (Å²) in [4.78, 5) is 23.7. The molecule has 4 rings (SSSR count). The number of rotatable bonds is 13. The number of hydrogen-bond acceptors (Lipinski definition) is 9. The van der Waals surface area contributed by atoms with Crippen LogP contribution in [0.2, 0.25) is 5.02 Å². The minimum absolute atomic E-state index is 0.0548. The van der Waals surface area contributed by atoms with Crippen LogP contribution in [-0.2, 0) is 17.8 Å². The van der Waals surface area contributed by atoms with Crippen LogP contribution in [0.3, 0.4) is 0 Å². The number of halogens is 1. The number of benzene rings is 2. The summed E-state index contributed by atoms with van der Waals surface area (Å²) in [6, 6.07) is 16.8. The lowest BCUT2D eigenvalue weighted by atomic mass is 10.00. The zero-order valence-corrected chi connectivity index (χ0v) is 24.9. The molecule has 1 unspecified atom stereocenters. The zero-order chi connectivity index (χ0) is 29.4. The number of Topliss-reactive ketones (excluding diaryl/α,β-unsaturated/α-hetero) is 1. The first-order chi connectivity index (χ1) is 19.8. The highest BCUT2D eigenvalue weighted by Crippen LogP contribution is 2.36. The minimum atomic E-state index is -0.0711. The van der Waals surface area contributed by atoms with Gasteiger partial charge in [-0.2, -0.15) is 17.9 Å². The first-order valence-electron chi connectivity index (χ1n) is 13.2. The summed E-state index contributed by atoms with van der Waals surface area (Å²) in [5, 5.41) is 14.3. The number of pyridine rings is 2. The Balaban J connectivity index is 1.63. The van der Waals surface area contributed by atoms with Gasteiger partial charge in [-0.1, -0.05) is 17.7 Å². The molecule has 212 valence electrons. The number of carbonyl (C=O) groups excluding carboxylic acids is 1. The molecule has 0 aliphatic rings. The SMILES string of the molecule is CCOc1cc2ncc(C#N)c(Nc3ccc(OCc4ccccn4)c(Cl)c3)c2cc1CC(=O)CC(S)CN(C)C. The summed E-state index contributed by atoms with van der Waals surface area (Å²) in [5.41, 5.74) is 3.73. The van der Waals surface area contributed by atoms with Gasteiger partial charge in [0, 0.05) is 59.7 Å². The van der Waals surface area contributed by atoms with Crippen LogP contribution in [0.4, 0.5) is 11.4 Å². The van der Waals surface area contributed by atoms with Gasteiger partial charge in [-0.25, -0.2) is 0 Å². The Morgan fingerprint density at radius 2 is 1.98 bits per heavy atom. The summed E-state index contributed by atoms with van der Waals surface area (Å²) in [6.07, 6.45) is 3.74. The van der Waals surface area contributed by atoms with Gasteiger partial charge in [0.05, 0.1) is 34.1 Å². The number of nitriles is 1. The highest BCUT2D eigenvalue weighted by Gasteiger charge is 2.18. The number of ether oxygens (including phenoxy) is 2. The summed E-state index contributed by atoms with van der Waals surface area (Å²) in [5.74, 6) is 1.17. The van der Waals surface area contributed by atoms with Gasteiger partial charge in [-0.3, -0.25) is 14.8 Å². The van der Waals surface area contributed by atoms with E-state index in [0.29, 0.717) is 63.9 Å². The van der Waals surface area contributed by atoms with E-state index in [1.165, 1.54) is 6.20 Å². The lowest BCUT2D eigenvalue weighted by molar-refractivity contribution is -0.118. The smallest absolute Gasteiger partial charge is 0.138 e. The van der Waals surface area contributed by atoms with E-state index in [-0.39, 0.29) is 24.1 Å². The van der Waals surface area contributed by atoms with E-state index in [1.807, 2.05) is 62.3 Å². The Kier molecular flexibility index (Phi) is 10.4. The number of fused-ring (bicyclic) bond motifs is 1. The van der Waals surface area contributed by atoms with Gasteiger partial charge in [0.25, 0.3) is 0 Å². The predicted molar refractivity (Wildman–Crippen MR) is 166 cm³/mol. The average Bonchev–Trinajstić information content (AvgIpc) is 2.93. The van der Waals surface area contributed by atoms with Crippen molar-refractivity contribution >= 4 is 52.3 Å². The molecular weight excluding hydrogens is 558 g/mol. The molecule has 4 aromatic rings. The molecule has 8 nitrogen and oxygen atoms in total. The molecule has 0 saturated carbocycles. The third-order valence-corrected chi connectivity index (χ3v) is 6.84. The van der Waals surface area contributed by atoms with E-state index in [0.717, 1.165) is 11.3 Å². The van der Waals surface area contributed by atoms with Crippen LogP contribution in [0.5, 0.6) is 11.5 Å². The van der Waals surface area contributed by atoms with Crippen molar-refractivity contribution < 1.29 is 14.3 Å². The Morgan fingerprint density at radius 1 is 1.15 bits per heavy atom. The Labute approximate surface area is 250 Å². The quantitative estimate of drug-likeness (QED) is 0.177. The molecule has 10 heteroatoms. The predicted octanol–water partition coefficient (Wildman–Crippen LogP) is 6.24. The number of nitrogens with one attached hydrogen (secondary N) is 1. The van der Waals surface area contributed by atoms with Crippen molar-refractivity contribution in [1.82, 2.24) is 14.9 Å². The third-order valence-electron chi connectivity index (χ3n) is 6.20. The van der Waals surface area contributed by atoms with Crippen LogP contribution in [0.1, 0.15) is 30.2 Å². The number of carbonyl (C=O) groups is 1. The second kappa shape index (κ2) is 14.2. The van der Waals surface area contributed by atoms with Crippen molar-refractivity contribution in [3.05, 3.63) is 82.8 Å². The topological polar surface area (TPSA) is 100 Å². The van der Waals surface area contributed by atoms with Crippen LogP contribution in [0.15, 0.2) is 60.9 Å². The van der Waals surface area contributed by atoms with E-state index in [9.17, 15) is 10.1 Å². The summed E-state index contributed by atoms with van der Waals surface area (Å²) >= 11 is 11.1. The molecular formula is C31H32ClN5O3S. The number of aromatic nitrogens is 2. The van der Waals surface area contributed by atoms with Crippen molar-refractivity contribution in [3.8, 4) is 17.6 Å². The van der Waals surface area contributed by atoms with Crippen LogP contribution in [0.25, 0.3) is 10.9 Å². The van der Waals surface area contributed by atoms with Crippen molar-refractivity contribution in [1.29, 1.82) is 5.26 Å². The molecule has 0 amide bonds. The first-order valence-corrected chi connectivity index (χ1v) is 14.1. The second-order valence-corrected chi connectivity index (χ2v) is 10.9. The molecule has 0 saturated heterocycles. The highest BCUT2D eigenvalue weighted by atomic mass is 35.5. The summed E-state index contributed by atoms with van der Waals surface area (Å²) < 4.78 is 11.7. The minimum Gasteiger partial charge on any atom is -0.494 e. The highest BCUT2D eigenvalue weighted by molar-refractivity contribution is 7.81. The van der Waals surface area contributed by atoms with Gasteiger partial charge >= 0.3 is 0 Å². The molecule has 2 heterocycles. The van der Waals surface area contributed by atoms with Crippen molar-refractivity contribution in [3.63, 3.8) is 0 Å². The third kappa shape index (κ3) is 8.10. The van der Waals surface area contributed by atoms with E-state index < -0.39 is 0 Å². The van der Waals surface area contributed by atoms with Gasteiger partial charge in [-0.05, 0) is 57.4 Å². The van der Waals surface area contributed by atoms with Gasteiger partial charge in [0.1, 0.15) is 30.0 Å². The van der Waals surface area contributed by atoms with Crippen molar-refractivity contribution in [2.45, 2.75) is 31.6 Å². The molecule has 1 atom stereocenters. The molecule has 2 aromatic carbocycles. The standard InChI is InChI=1S/C31H32ClN5O3S/c1-4-39-30-15-28-26(12-20(30)11-24(38)14-25(41)18-37(2)3)31(21(16-33)17-35-28)36-22-8-9-29(27(32)13-22)40-19-23-7-5-6-10-34-23/h5-10,12-13,15,17,25,41H,4,11,14,18-19H2,1-3H3,(H,35,36). The molecule has 1 N–H and O–H groups in total. The van der Waals surface area contributed by atoms with Crippen LogP contribution < -0.4 is 14.8 Å². The van der Waals surface area contributed by atoms with E-state index >= 15 is 0 Å². The molecule has 0 fully saturated rings. The number of ketones is 1. The largest absolute Gasteiger partial charge is 0.494 e. The summed E-state index contributed by atoms with van der Waals surface area (Å²) in [6.45, 7) is 3.32. The monoisotopic (exact) mass is 589 g/mol. The van der Waals surface area contributed by atoms with Crippen LogP contribution in [-0.4, -0.2) is 53.1 Å². The lowest BCUT2D eigenvalue weighted by Crippen LogP contribution is -2.24. The molecule has 0 aliphatic carbocycles. The molecule has 2 aromatic heterocycles. The molecule has 0 radical (unpaired) electrons. The summed E-state index contributed by atoms with van der Waals surface area (Å²) in [7, 11) is 3.91. The van der Waals surface area contributed by atoms with Gasteiger partial charge in [0.15, 0.2) is 0 Å². The molecule has 41 heavy (non-hydrogen) atoms. The fraction of sp³-hybridized carbons (Fsp3) is 0.290. The number of thiol groups is 1. The number of hydrogen-bond donors (Lipinski definition) is 2. The van der Waals surface area contributed by atoms with E-state index in [1.54, 1.807) is 18.3 Å². The fourth-order valence-corrected chi connectivity index (χ4v) is 5.19. The maximum Gasteiger partial charge on any atom is 0.138 e. The van der Waals surface area contributed by atoms with Crippen molar-refractivity contribution in [2.75, 3.05) is 32.6 Å².